The molecule has 0 aliphatic rings. The number of carbonyl (C=O) groups is 2. The lowest BCUT2D eigenvalue weighted by molar-refractivity contribution is -0.119. The maximum atomic E-state index is 12.6. The van der Waals surface area contributed by atoms with E-state index < -0.39 is 18.0 Å². The Morgan fingerprint density at radius 1 is 1.19 bits per heavy atom. The van der Waals surface area contributed by atoms with E-state index in [1.807, 2.05) is 19.1 Å². The van der Waals surface area contributed by atoms with E-state index in [9.17, 15) is 18.4 Å². The van der Waals surface area contributed by atoms with E-state index in [0.717, 1.165) is 23.5 Å². The van der Waals surface area contributed by atoms with Gasteiger partial charge in [0.15, 0.2) is 0 Å². The van der Waals surface area contributed by atoms with E-state index in [4.69, 9.17) is 11.6 Å². The van der Waals surface area contributed by atoms with Crippen LogP contribution in [0.3, 0.4) is 0 Å². The van der Waals surface area contributed by atoms with E-state index in [-0.39, 0.29) is 30.1 Å². The number of aromatic nitrogens is 2. The predicted molar refractivity (Wildman–Crippen MR) is 91.9 cm³/mol. The van der Waals surface area contributed by atoms with Crippen molar-refractivity contribution in [1.82, 2.24) is 20.6 Å². The molecule has 138 valence electrons. The summed E-state index contributed by atoms with van der Waals surface area (Å²) in [4.78, 5) is 30.4. The quantitative estimate of drug-likeness (QED) is 0.721. The zero-order valence-corrected chi connectivity index (χ0v) is 14.6. The van der Waals surface area contributed by atoms with Crippen LogP contribution in [-0.2, 0) is 11.3 Å². The molecule has 26 heavy (non-hydrogen) atoms. The Morgan fingerprint density at radius 3 is 2.50 bits per heavy atom. The van der Waals surface area contributed by atoms with Gasteiger partial charge in [-0.1, -0.05) is 24.3 Å². The minimum absolute atomic E-state index is 0.106. The number of hydrogen-bond acceptors (Lipinski definition) is 4. The van der Waals surface area contributed by atoms with Crippen LogP contribution in [0.25, 0.3) is 0 Å². The second-order valence-corrected chi connectivity index (χ2v) is 5.74. The first kappa shape index (κ1) is 19.7. The second kappa shape index (κ2) is 9.19. The largest absolute Gasteiger partial charge is 0.349 e. The number of amides is 2. The molecule has 6 nitrogen and oxygen atoms in total. The molecule has 1 heterocycles. The average Bonchev–Trinajstić information content (AvgIpc) is 2.66. The van der Waals surface area contributed by atoms with Crippen molar-refractivity contribution < 1.29 is 18.4 Å². The number of alkyl halides is 3. The summed E-state index contributed by atoms with van der Waals surface area (Å²) >= 11 is 5.45. The molecule has 0 fully saturated rings. The number of carbonyl (C=O) groups excluding carboxylic acids is 2. The molecule has 1 unspecified atom stereocenters. The number of rotatable bonds is 7. The van der Waals surface area contributed by atoms with Crippen LogP contribution in [0.1, 0.15) is 46.7 Å². The minimum Gasteiger partial charge on any atom is -0.349 e. The number of nitrogens with zero attached hydrogens (tertiary/aromatic N) is 2. The third kappa shape index (κ3) is 5.45. The summed E-state index contributed by atoms with van der Waals surface area (Å²) in [5.74, 6) is -0.935. The monoisotopic (exact) mass is 382 g/mol. The normalized spacial score (nSPS) is 11.9. The van der Waals surface area contributed by atoms with E-state index in [1.54, 1.807) is 12.1 Å². The Bertz CT molecular complexity index is 772. The lowest BCUT2D eigenvalue weighted by Crippen LogP contribution is -2.27. The van der Waals surface area contributed by atoms with E-state index in [1.165, 1.54) is 0 Å². The van der Waals surface area contributed by atoms with Gasteiger partial charge >= 0.3 is 0 Å². The highest BCUT2D eigenvalue weighted by Crippen LogP contribution is 2.16. The molecule has 1 atom stereocenters. The molecule has 1 aromatic heterocycles. The van der Waals surface area contributed by atoms with Crippen LogP contribution in [-0.4, -0.2) is 27.7 Å². The van der Waals surface area contributed by atoms with Gasteiger partial charge in [0.1, 0.15) is 23.6 Å². The highest BCUT2D eigenvalue weighted by Gasteiger charge is 2.14. The molecule has 2 N–H and O–H groups in total. The highest BCUT2D eigenvalue weighted by molar-refractivity contribution is 6.27. The van der Waals surface area contributed by atoms with Crippen LogP contribution in [0.5, 0.6) is 0 Å². The summed E-state index contributed by atoms with van der Waals surface area (Å²) < 4.78 is 25.2. The summed E-state index contributed by atoms with van der Waals surface area (Å²) in [6.45, 7) is 2.03. The van der Waals surface area contributed by atoms with Gasteiger partial charge in [0.2, 0.25) is 5.91 Å². The Kier molecular flexibility index (Phi) is 6.97. The SMILES string of the molecule is CC(NC(=O)CCl)c1ccc(CNC(=O)c2cc(C(F)F)ncn2)cc1. The molecule has 0 saturated carbocycles. The summed E-state index contributed by atoms with van der Waals surface area (Å²) in [7, 11) is 0. The standard InChI is InChI=1S/C17H17ClF2N4O2/c1-10(24-15(25)7-18)12-4-2-11(3-5-12)8-21-17(26)14-6-13(16(19)20)22-9-23-14/h2-6,9-10,16H,7-8H2,1H3,(H,21,26)(H,24,25). The van der Waals surface area contributed by atoms with Crippen molar-refractivity contribution in [2.45, 2.75) is 25.9 Å². The first-order valence-corrected chi connectivity index (χ1v) is 8.26. The van der Waals surface area contributed by atoms with Crippen LogP contribution < -0.4 is 10.6 Å². The van der Waals surface area contributed by atoms with Crippen LogP contribution >= 0.6 is 11.6 Å². The van der Waals surface area contributed by atoms with Gasteiger partial charge in [-0.25, -0.2) is 18.7 Å². The van der Waals surface area contributed by atoms with Crippen LogP contribution in [0.2, 0.25) is 0 Å². The second-order valence-electron chi connectivity index (χ2n) is 5.48. The maximum Gasteiger partial charge on any atom is 0.280 e. The van der Waals surface area contributed by atoms with Gasteiger partial charge in [-0.15, -0.1) is 11.6 Å². The number of benzene rings is 1. The van der Waals surface area contributed by atoms with Gasteiger partial charge in [0.05, 0.1) is 6.04 Å². The zero-order chi connectivity index (χ0) is 19.1. The minimum atomic E-state index is -2.77. The van der Waals surface area contributed by atoms with Gasteiger partial charge in [-0.05, 0) is 24.1 Å². The third-order valence-corrected chi connectivity index (χ3v) is 3.82. The van der Waals surface area contributed by atoms with E-state index in [0.29, 0.717) is 0 Å². The van der Waals surface area contributed by atoms with Crippen molar-refractivity contribution in [3.8, 4) is 0 Å². The third-order valence-electron chi connectivity index (χ3n) is 3.58. The Labute approximate surface area is 154 Å². The van der Waals surface area contributed by atoms with Crippen molar-refractivity contribution in [3.63, 3.8) is 0 Å². The molecule has 2 amide bonds. The van der Waals surface area contributed by atoms with Crippen molar-refractivity contribution in [2.24, 2.45) is 0 Å². The molecule has 0 aliphatic carbocycles. The molecular formula is C17H17ClF2N4O2. The first-order valence-electron chi connectivity index (χ1n) is 7.73. The molecule has 1 aromatic carbocycles. The lowest BCUT2D eigenvalue weighted by Gasteiger charge is -2.14. The zero-order valence-electron chi connectivity index (χ0n) is 13.9. The fourth-order valence-corrected chi connectivity index (χ4v) is 2.25. The molecule has 0 spiro atoms. The van der Waals surface area contributed by atoms with Crippen molar-refractivity contribution >= 4 is 23.4 Å². The highest BCUT2D eigenvalue weighted by atomic mass is 35.5. The Hall–Kier alpha value is -2.61. The van der Waals surface area contributed by atoms with E-state index in [2.05, 4.69) is 20.6 Å². The lowest BCUT2D eigenvalue weighted by atomic mass is 10.1. The van der Waals surface area contributed by atoms with Crippen molar-refractivity contribution in [1.29, 1.82) is 0 Å². The van der Waals surface area contributed by atoms with Crippen molar-refractivity contribution in [3.05, 3.63) is 59.2 Å². The van der Waals surface area contributed by atoms with Gasteiger partial charge in [0.25, 0.3) is 12.3 Å². The Morgan fingerprint density at radius 2 is 1.88 bits per heavy atom. The maximum absolute atomic E-state index is 12.6. The number of hydrogen-bond donors (Lipinski definition) is 2. The summed E-state index contributed by atoms with van der Waals surface area (Å²) in [6.07, 6.45) is -1.83. The van der Waals surface area contributed by atoms with Gasteiger partial charge in [-0.2, -0.15) is 0 Å². The van der Waals surface area contributed by atoms with Crippen LogP contribution in [0.4, 0.5) is 8.78 Å². The Balaban J connectivity index is 1.94. The molecule has 0 bridgehead atoms. The molecule has 0 aliphatic heterocycles. The molecule has 2 aromatic rings. The van der Waals surface area contributed by atoms with Gasteiger partial charge < -0.3 is 10.6 Å². The average molecular weight is 383 g/mol. The molecule has 2 rings (SSSR count). The number of nitrogens with one attached hydrogen (secondary N) is 2. The van der Waals surface area contributed by atoms with Gasteiger partial charge in [0, 0.05) is 6.54 Å². The van der Waals surface area contributed by atoms with Crippen LogP contribution in [0, 0.1) is 0 Å². The summed E-state index contributed by atoms with van der Waals surface area (Å²) in [5.41, 5.74) is 1.07. The topological polar surface area (TPSA) is 84.0 Å². The van der Waals surface area contributed by atoms with E-state index >= 15 is 0 Å². The fourth-order valence-electron chi connectivity index (χ4n) is 2.18. The fraction of sp³-hybridized carbons (Fsp3) is 0.294. The molecular weight excluding hydrogens is 366 g/mol. The number of halogens is 3. The smallest absolute Gasteiger partial charge is 0.280 e. The van der Waals surface area contributed by atoms with Gasteiger partial charge in [-0.3, -0.25) is 9.59 Å². The first-order chi connectivity index (χ1) is 12.4. The molecule has 0 saturated heterocycles. The summed E-state index contributed by atoms with van der Waals surface area (Å²) in [6, 6.07) is 8.00. The van der Waals surface area contributed by atoms with Crippen molar-refractivity contribution in [2.75, 3.05) is 5.88 Å². The molecule has 0 radical (unpaired) electrons. The predicted octanol–water partition coefficient (Wildman–Crippen LogP) is 2.76. The molecule has 9 heteroatoms. The van der Waals surface area contributed by atoms with Crippen LogP contribution in [0.15, 0.2) is 36.7 Å². The summed E-state index contributed by atoms with van der Waals surface area (Å²) in [5, 5.41) is 5.35.